The molecule has 1 spiro atoms. The van der Waals surface area contributed by atoms with E-state index in [-0.39, 0.29) is 25.0 Å². The zero-order chi connectivity index (χ0) is 17.6. The number of amides is 4. The molecule has 2 fully saturated rings. The monoisotopic (exact) mass is 343 g/mol. The standard InChI is InChI=1S/C17H17N3O5/c1-24-12-2-3-13-10(7-12)6-11(8-25-13)14(21)20-5-4-17(9-20)15(22)18-16(23)19-17/h2-3,6-7H,4-5,8-9H2,1H3,(H2,18,19,22,23). The van der Waals surface area contributed by atoms with Crippen molar-refractivity contribution in [3.05, 3.63) is 29.3 Å². The van der Waals surface area contributed by atoms with Crippen LogP contribution in [-0.2, 0) is 9.59 Å². The van der Waals surface area contributed by atoms with Crippen molar-refractivity contribution >= 4 is 23.9 Å². The Morgan fingerprint density at radius 1 is 1.36 bits per heavy atom. The number of nitrogens with zero attached hydrogens (tertiary/aromatic N) is 1. The lowest BCUT2D eigenvalue weighted by Gasteiger charge is -2.24. The zero-order valence-corrected chi connectivity index (χ0v) is 13.6. The number of hydrogen-bond acceptors (Lipinski definition) is 5. The third-order valence-corrected chi connectivity index (χ3v) is 4.78. The Balaban J connectivity index is 1.55. The molecule has 0 aromatic heterocycles. The predicted molar refractivity (Wildman–Crippen MR) is 87.1 cm³/mol. The van der Waals surface area contributed by atoms with Crippen molar-refractivity contribution in [2.75, 3.05) is 26.8 Å². The Kier molecular flexibility index (Phi) is 3.41. The van der Waals surface area contributed by atoms with E-state index in [0.717, 1.165) is 5.56 Å². The highest BCUT2D eigenvalue weighted by molar-refractivity contribution is 6.08. The summed E-state index contributed by atoms with van der Waals surface area (Å²) in [5.41, 5.74) is 0.265. The van der Waals surface area contributed by atoms with Gasteiger partial charge in [0.2, 0.25) is 0 Å². The number of nitrogens with one attached hydrogen (secondary N) is 2. The van der Waals surface area contributed by atoms with Crippen molar-refractivity contribution < 1.29 is 23.9 Å². The van der Waals surface area contributed by atoms with Crippen LogP contribution in [0.25, 0.3) is 6.08 Å². The number of hydrogen-bond donors (Lipinski definition) is 2. The van der Waals surface area contributed by atoms with E-state index in [1.54, 1.807) is 36.3 Å². The molecular weight excluding hydrogens is 326 g/mol. The van der Waals surface area contributed by atoms with E-state index in [1.807, 2.05) is 0 Å². The second-order valence-corrected chi connectivity index (χ2v) is 6.33. The van der Waals surface area contributed by atoms with Crippen LogP contribution < -0.4 is 20.1 Å². The van der Waals surface area contributed by atoms with E-state index >= 15 is 0 Å². The van der Waals surface area contributed by atoms with Crippen LogP contribution in [0.5, 0.6) is 11.5 Å². The van der Waals surface area contributed by atoms with Crippen molar-refractivity contribution in [3.63, 3.8) is 0 Å². The van der Waals surface area contributed by atoms with Crippen molar-refractivity contribution in [2.24, 2.45) is 0 Å². The molecule has 0 saturated carbocycles. The van der Waals surface area contributed by atoms with Gasteiger partial charge in [0, 0.05) is 12.1 Å². The first kappa shape index (κ1) is 15.5. The minimum absolute atomic E-state index is 0.158. The molecule has 3 aliphatic rings. The van der Waals surface area contributed by atoms with Crippen LogP contribution in [0.1, 0.15) is 12.0 Å². The maximum atomic E-state index is 12.8. The molecular formula is C17H17N3O5. The van der Waals surface area contributed by atoms with Gasteiger partial charge in [-0.2, -0.15) is 0 Å². The van der Waals surface area contributed by atoms with E-state index in [2.05, 4.69) is 10.6 Å². The van der Waals surface area contributed by atoms with Crippen LogP contribution in [0, 0.1) is 0 Å². The lowest BCUT2D eigenvalue weighted by atomic mass is 9.99. The van der Waals surface area contributed by atoms with Crippen LogP contribution in [0.4, 0.5) is 4.79 Å². The van der Waals surface area contributed by atoms with Gasteiger partial charge in [0.15, 0.2) is 0 Å². The summed E-state index contributed by atoms with van der Waals surface area (Å²) in [5.74, 6) is 0.798. The van der Waals surface area contributed by atoms with Crippen LogP contribution in [0.2, 0.25) is 0 Å². The van der Waals surface area contributed by atoms with Crippen molar-refractivity contribution in [3.8, 4) is 11.5 Å². The highest BCUT2D eigenvalue weighted by Crippen LogP contribution is 2.32. The molecule has 1 unspecified atom stereocenters. The molecule has 0 radical (unpaired) electrons. The lowest BCUT2D eigenvalue weighted by Crippen LogP contribution is -2.49. The van der Waals surface area contributed by atoms with Gasteiger partial charge >= 0.3 is 6.03 Å². The molecule has 2 N–H and O–H groups in total. The number of ether oxygens (including phenoxy) is 2. The maximum Gasteiger partial charge on any atom is 0.322 e. The van der Waals surface area contributed by atoms with E-state index in [0.29, 0.717) is 30.0 Å². The lowest BCUT2D eigenvalue weighted by molar-refractivity contribution is -0.127. The fourth-order valence-electron chi connectivity index (χ4n) is 3.41. The van der Waals surface area contributed by atoms with Crippen LogP contribution >= 0.6 is 0 Å². The molecule has 130 valence electrons. The minimum atomic E-state index is -1.01. The average molecular weight is 343 g/mol. The van der Waals surface area contributed by atoms with Gasteiger partial charge in [-0.3, -0.25) is 14.9 Å². The number of likely N-dealkylation sites (tertiary alicyclic amines) is 1. The summed E-state index contributed by atoms with van der Waals surface area (Å²) in [7, 11) is 1.58. The molecule has 1 atom stereocenters. The number of carbonyl (C=O) groups excluding carboxylic acids is 3. The van der Waals surface area contributed by atoms with E-state index in [1.165, 1.54) is 0 Å². The van der Waals surface area contributed by atoms with Gasteiger partial charge in [0.1, 0.15) is 23.6 Å². The molecule has 1 aromatic carbocycles. The number of carbonyl (C=O) groups is 3. The Labute approximate surface area is 143 Å². The number of rotatable bonds is 2. The van der Waals surface area contributed by atoms with Crippen molar-refractivity contribution in [1.29, 1.82) is 0 Å². The molecule has 1 aromatic rings. The molecule has 3 heterocycles. The minimum Gasteiger partial charge on any atom is -0.497 e. The highest BCUT2D eigenvalue weighted by atomic mass is 16.5. The first-order valence-electron chi connectivity index (χ1n) is 7.95. The topological polar surface area (TPSA) is 97.0 Å². The highest BCUT2D eigenvalue weighted by Gasteiger charge is 2.51. The van der Waals surface area contributed by atoms with Crippen LogP contribution in [-0.4, -0.2) is 55.1 Å². The first-order chi connectivity index (χ1) is 12.0. The number of methoxy groups -OCH3 is 1. The SMILES string of the molecule is COc1ccc2c(c1)C=C(C(=O)N1CCC3(C1)NC(=O)NC3=O)CO2. The van der Waals surface area contributed by atoms with E-state index in [9.17, 15) is 14.4 Å². The summed E-state index contributed by atoms with van der Waals surface area (Å²) in [4.78, 5) is 37.8. The summed E-state index contributed by atoms with van der Waals surface area (Å²) in [5, 5.41) is 4.87. The number of fused-ring (bicyclic) bond motifs is 1. The molecule has 25 heavy (non-hydrogen) atoms. The molecule has 4 amide bonds. The van der Waals surface area contributed by atoms with E-state index < -0.39 is 11.6 Å². The molecule has 8 heteroatoms. The number of imide groups is 1. The zero-order valence-electron chi connectivity index (χ0n) is 13.6. The molecule has 0 aliphatic carbocycles. The molecule has 8 nitrogen and oxygen atoms in total. The van der Waals surface area contributed by atoms with Crippen LogP contribution in [0.3, 0.4) is 0 Å². The summed E-state index contributed by atoms with van der Waals surface area (Å²) in [6.45, 7) is 0.723. The van der Waals surface area contributed by atoms with Gasteiger partial charge < -0.3 is 19.7 Å². The Morgan fingerprint density at radius 2 is 2.20 bits per heavy atom. The smallest absolute Gasteiger partial charge is 0.322 e. The fourth-order valence-corrected chi connectivity index (χ4v) is 3.41. The maximum absolute atomic E-state index is 12.8. The fraction of sp³-hybridized carbons (Fsp3) is 0.353. The van der Waals surface area contributed by atoms with Gasteiger partial charge in [0.25, 0.3) is 11.8 Å². The molecule has 2 saturated heterocycles. The summed E-state index contributed by atoms with van der Waals surface area (Å²) in [6.07, 6.45) is 2.18. The summed E-state index contributed by atoms with van der Waals surface area (Å²) >= 11 is 0. The van der Waals surface area contributed by atoms with Gasteiger partial charge in [-0.1, -0.05) is 0 Å². The first-order valence-corrected chi connectivity index (χ1v) is 7.95. The van der Waals surface area contributed by atoms with Gasteiger partial charge in [-0.15, -0.1) is 0 Å². The van der Waals surface area contributed by atoms with Crippen molar-refractivity contribution in [2.45, 2.75) is 12.0 Å². The Bertz CT molecular complexity index is 819. The van der Waals surface area contributed by atoms with Crippen LogP contribution in [0.15, 0.2) is 23.8 Å². The quantitative estimate of drug-likeness (QED) is 0.752. The third-order valence-electron chi connectivity index (χ3n) is 4.78. The number of benzene rings is 1. The van der Waals surface area contributed by atoms with Gasteiger partial charge in [-0.05, 0) is 30.7 Å². The second kappa shape index (κ2) is 5.51. The molecule has 0 bridgehead atoms. The summed E-state index contributed by atoms with van der Waals surface area (Å²) in [6, 6.07) is 4.89. The summed E-state index contributed by atoms with van der Waals surface area (Å²) < 4.78 is 10.8. The third kappa shape index (κ3) is 2.50. The van der Waals surface area contributed by atoms with E-state index in [4.69, 9.17) is 9.47 Å². The largest absolute Gasteiger partial charge is 0.497 e. The molecule has 3 aliphatic heterocycles. The van der Waals surface area contributed by atoms with Crippen molar-refractivity contribution in [1.82, 2.24) is 15.5 Å². The molecule has 4 rings (SSSR count). The normalized spacial score (nSPS) is 24.4. The van der Waals surface area contributed by atoms with Gasteiger partial charge in [0.05, 0.1) is 19.2 Å². The average Bonchev–Trinajstić information content (AvgIpc) is 3.16. The second-order valence-electron chi connectivity index (χ2n) is 6.33. The number of urea groups is 1. The predicted octanol–water partition coefficient (Wildman–Crippen LogP) is 0.281. The Hall–Kier alpha value is -3.03. The Morgan fingerprint density at radius 3 is 2.92 bits per heavy atom. The van der Waals surface area contributed by atoms with Gasteiger partial charge in [-0.25, -0.2) is 4.79 Å².